The van der Waals surface area contributed by atoms with Gasteiger partial charge in [-0.1, -0.05) is 0 Å². The fraction of sp³-hybridized carbons (Fsp3) is 0. The van der Waals surface area contributed by atoms with Crippen molar-refractivity contribution in [2.45, 2.75) is 0 Å². The van der Waals surface area contributed by atoms with Gasteiger partial charge in [0.15, 0.2) is 0 Å². The minimum absolute atomic E-state index is 0. The molecule has 0 aromatic carbocycles. The fourth-order valence-electron chi connectivity index (χ4n) is 0. The van der Waals surface area contributed by atoms with Crippen LogP contribution in [0.5, 0.6) is 0 Å². The molecule has 10 N–H and O–H groups in total. The smallest absolute Gasteiger partial charge is 0.412 e. The molecule has 0 unspecified atom stereocenters. The zero-order chi connectivity index (χ0) is 0. The average molecular weight is 128 g/mol. The predicted molar refractivity (Wildman–Crippen MR) is 16.8 cm³/mol. The average Bonchev–Trinajstić information content (AvgIpc) is 0. The van der Waals surface area contributed by atoms with E-state index in [0.717, 1.165) is 0 Å². The largest absolute Gasteiger partial charge is 3.00 e. The second-order valence-corrected chi connectivity index (χ2v) is 0. The van der Waals surface area contributed by atoms with Crippen molar-refractivity contribution in [2.75, 3.05) is 0 Å². The fourth-order valence-corrected chi connectivity index (χ4v) is 0. The molecule has 5 heavy (non-hydrogen) atoms. The summed E-state index contributed by atoms with van der Waals surface area (Å²) >= 11 is 0. The van der Waals surface area contributed by atoms with Crippen molar-refractivity contribution in [3.05, 3.63) is 0 Å². The van der Waals surface area contributed by atoms with Crippen LogP contribution in [0.2, 0.25) is 0 Å². The first-order chi connectivity index (χ1) is 0. The molecule has 0 aromatic rings. The first-order valence-corrected chi connectivity index (χ1v) is 0. The van der Waals surface area contributed by atoms with Crippen LogP contribution < -0.4 is 6.15 Å². The Morgan fingerprint density at radius 3 is 0.600 bits per heavy atom. The molecule has 0 heterocycles. The SMILES string of the molecule is O.O.O.[Fe+3].[NH4+]. The van der Waals surface area contributed by atoms with Crippen LogP contribution in [0.25, 0.3) is 0 Å². The molecule has 0 saturated carbocycles. The first kappa shape index (κ1) is 788. The summed E-state index contributed by atoms with van der Waals surface area (Å²) in [6, 6.07) is 0. The zero-order valence-corrected chi connectivity index (χ0v) is 3.96. The van der Waals surface area contributed by atoms with Gasteiger partial charge in [0.05, 0.1) is 0 Å². The number of rotatable bonds is 0. The molecule has 0 atom stereocenters. The van der Waals surface area contributed by atoms with Crippen molar-refractivity contribution in [1.82, 2.24) is 6.15 Å². The molecule has 4 nitrogen and oxygen atoms in total. The number of hydrogen-bond donors (Lipinski definition) is 1. The van der Waals surface area contributed by atoms with E-state index in [1.54, 1.807) is 0 Å². The quantitative estimate of drug-likeness (QED) is 0.358. The van der Waals surface area contributed by atoms with Gasteiger partial charge in [-0.15, -0.1) is 0 Å². The monoisotopic (exact) mass is 128 g/mol. The minimum atomic E-state index is 0. The van der Waals surface area contributed by atoms with Gasteiger partial charge in [-0.05, 0) is 0 Å². The summed E-state index contributed by atoms with van der Waals surface area (Å²) in [5, 5.41) is 0. The van der Waals surface area contributed by atoms with E-state index in [1.165, 1.54) is 0 Å². The third-order valence-electron chi connectivity index (χ3n) is 0. The Bertz CT molecular complexity index is 6.85. The van der Waals surface area contributed by atoms with Gasteiger partial charge in [-0.2, -0.15) is 0 Å². The van der Waals surface area contributed by atoms with Crippen LogP contribution in [0, 0.1) is 0 Å². The van der Waals surface area contributed by atoms with Crippen LogP contribution in [0.3, 0.4) is 0 Å². The van der Waals surface area contributed by atoms with Gasteiger partial charge in [0.2, 0.25) is 0 Å². The van der Waals surface area contributed by atoms with Gasteiger partial charge in [0, 0.05) is 0 Å². The molecule has 0 aliphatic rings. The van der Waals surface area contributed by atoms with Gasteiger partial charge in [0.1, 0.15) is 0 Å². The van der Waals surface area contributed by atoms with E-state index < -0.39 is 0 Å². The first-order valence-electron chi connectivity index (χ1n) is 0. The third kappa shape index (κ3) is 188. The van der Waals surface area contributed by atoms with Crippen molar-refractivity contribution in [3.8, 4) is 0 Å². The summed E-state index contributed by atoms with van der Waals surface area (Å²) in [6.45, 7) is 0. The van der Waals surface area contributed by atoms with Crippen molar-refractivity contribution >= 4 is 0 Å². The van der Waals surface area contributed by atoms with Gasteiger partial charge in [0.25, 0.3) is 0 Å². The van der Waals surface area contributed by atoms with Crippen molar-refractivity contribution < 1.29 is 33.5 Å². The molecule has 0 spiro atoms. The second kappa shape index (κ2) is 381. The number of hydrogen-bond acceptors (Lipinski definition) is 0. The van der Waals surface area contributed by atoms with Gasteiger partial charge >= 0.3 is 17.1 Å². The van der Waals surface area contributed by atoms with Crippen molar-refractivity contribution in [3.63, 3.8) is 0 Å². The second-order valence-electron chi connectivity index (χ2n) is 0. The van der Waals surface area contributed by atoms with Gasteiger partial charge in [-0.3, -0.25) is 0 Å². The molecule has 37 valence electrons. The Hall–Kier alpha value is 0.359. The molecule has 1 radical (unpaired) electrons. The Kier molecular flexibility index (Phi) is 60000. The van der Waals surface area contributed by atoms with Crippen molar-refractivity contribution in [2.24, 2.45) is 0 Å². The normalized spacial score (nSPS) is 0. The molecular formula is H10FeNO3+4. The molecule has 0 aromatic heterocycles. The Balaban J connectivity index is 0. The van der Waals surface area contributed by atoms with E-state index in [9.17, 15) is 0 Å². The van der Waals surface area contributed by atoms with Crippen LogP contribution in [0.4, 0.5) is 0 Å². The summed E-state index contributed by atoms with van der Waals surface area (Å²) in [7, 11) is 0. The summed E-state index contributed by atoms with van der Waals surface area (Å²) in [4.78, 5) is 0. The van der Waals surface area contributed by atoms with Crippen LogP contribution in [0.1, 0.15) is 0 Å². The summed E-state index contributed by atoms with van der Waals surface area (Å²) in [6.07, 6.45) is 0. The predicted octanol–water partition coefficient (Wildman–Crippen LogP) is -2.10. The molecule has 0 saturated heterocycles. The topological polar surface area (TPSA) is 131 Å². The van der Waals surface area contributed by atoms with E-state index in [0.29, 0.717) is 0 Å². The van der Waals surface area contributed by atoms with Crippen LogP contribution in [-0.2, 0) is 17.1 Å². The maximum atomic E-state index is 0. The van der Waals surface area contributed by atoms with Gasteiger partial charge < -0.3 is 22.6 Å². The van der Waals surface area contributed by atoms with Crippen molar-refractivity contribution in [1.29, 1.82) is 0 Å². The molecule has 0 rings (SSSR count). The summed E-state index contributed by atoms with van der Waals surface area (Å²) in [5.41, 5.74) is 0. The molecule has 0 fully saturated rings. The maximum Gasteiger partial charge on any atom is 3.00 e. The van der Waals surface area contributed by atoms with E-state index in [4.69, 9.17) is 0 Å². The Labute approximate surface area is 40.5 Å². The standard InChI is InChI=1S/Fe.H3N.3H2O/h;1H3;3*1H2/q+3;;;;/p+1. The Morgan fingerprint density at radius 2 is 0.600 bits per heavy atom. The van der Waals surface area contributed by atoms with E-state index in [2.05, 4.69) is 0 Å². The molecule has 0 aliphatic carbocycles. The maximum absolute atomic E-state index is 0. The van der Waals surface area contributed by atoms with Crippen LogP contribution in [-0.4, -0.2) is 16.4 Å². The van der Waals surface area contributed by atoms with E-state index in [-0.39, 0.29) is 39.6 Å². The summed E-state index contributed by atoms with van der Waals surface area (Å²) < 4.78 is 0. The van der Waals surface area contributed by atoms with Crippen LogP contribution >= 0.6 is 0 Å². The molecular weight excluding hydrogens is 118 g/mol. The molecule has 5 heteroatoms. The number of quaternary nitrogens is 1. The van der Waals surface area contributed by atoms with E-state index >= 15 is 0 Å². The minimum Gasteiger partial charge on any atom is -0.412 e. The molecule has 0 amide bonds. The van der Waals surface area contributed by atoms with Crippen LogP contribution in [0.15, 0.2) is 0 Å². The Morgan fingerprint density at radius 1 is 0.600 bits per heavy atom. The van der Waals surface area contributed by atoms with E-state index in [1.807, 2.05) is 0 Å². The zero-order valence-electron chi connectivity index (χ0n) is 2.85. The third-order valence-corrected chi connectivity index (χ3v) is 0. The molecule has 0 bridgehead atoms. The summed E-state index contributed by atoms with van der Waals surface area (Å²) in [5.74, 6) is 0. The molecule has 0 aliphatic heterocycles. The van der Waals surface area contributed by atoms with Gasteiger partial charge in [-0.25, -0.2) is 0 Å².